The minimum atomic E-state index is -0.0703. The first-order valence-electron chi connectivity index (χ1n) is 8.51. The van der Waals surface area contributed by atoms with E-state index in [-0.39, 0.29) is 17.2 Å². The van der Waals surface area contributed by atoms with E-state index in [1.54, 1.807) is 31.4 Å². The number of thiazole rings is 1. The molecule has 1 heterocycles. The van der Waals surface area contributed by atoms with Crippen LogP contribution in [0, 0.1) is 5.41 Å². The Morgan fingerprint density at radius 3 is 2.48 bits per heavy atom. The van der Waals surface area contributed by atoms with Crippen LogP contribution < -0.4 is 15.4 Å². The highest BCUT2D eigenvalue weighted by molar-refractivity contribution is 7.99. The highest BCUT2D eigenvalue weighted by atomic mass is 32.2. The molecule has 2 amide bonds. The van der Waals surface area contributed by atoms with Crippen molar-refractivity contribution in [2.24, 2.45) is 5.41 Å². The van der Waals surface area contributed by atoms with Crippen LogP contribution in [-0.2, 0) is 15.3 Å². The van der Waals surface area contributed by atoms with Crippen molar-refractivity contribution in [3.05, 3.63) is 35.3 Å². The maximum absolute atomic E-state index is 12.0. The Hall–Kier alpha value is -2.06. The predicted octanol–water partition coefficient (Wildman–Crippen LogP) is 4.40. The zero-order chi connectivity index (χ0) is 19.9. The van der Waals surface area contributed by atoms with Crippen LogP contribution in [0.25, 0.3) is 0 Å². The number of carbonyl (C=O) groups is 2. The summed E-state index contributed by atoms with van der Waals surface area (Å²) in [4.78, 5) is 28.3. The average Bonchev–Trinajstić information content (AvgIpc) is 3.01. The smallest absolute Gasteiger partial charge is 0.234 e. The number of thioether (sulfide) groups is 1. The third-order valence-electron chi connectivity index (χ3n) is 3.35. The normalized spacial score (nSPS) is 11.1. The van der Waals surface area contributed by atoms with Crippen LogP contribution in [0.3, 0.4) is 0 Å². The molecule has 2 aromatic rings. The van der Waals surface area contributed by atoms with Gasteiger partial charge in [-0.2, -0.15) is 0 Å². The van der Waals surface area contributed by atoms with Crippen molar-refractivity contribution in [2.45, 2.75) is 32.9 Å². The van der Waals surface area contributed by atoms with Gasteiger partial charge in [0.2, 0.25) is 11.8 Å². The van der Waals surface area contributed by atoms with Crippen molar-refractivity contribution >= 4 is 45.7 Å². The summed E-state index contributed by atoms with van der Waals surface area (Å²) in [6, 6.07) is 7.20. The molecule has 0 unspecified atom stereocenters. The molecule has 0 bridgehead atoms. The van der Waals surface area contributed by atoms with Gasteiger partial charge < -0.3 is 15.4 Å². The number of hydrogen-bond donors (Lipinski definition) is 2. The second-order valence-electron chi connectivity index (χ2n) is 7.20. The highest BCUT2D eigenvalue weighted by Gasteiger charge is 2.17. The molecule has 27 heavy (non-hydrogen) atoms. The number of ether oxygens (including phenoxy) is 1. The lowest BCUT2D eigenvalue weighted by atomic mass is 9.92. The van der Waals surface area contributed by atoms with Gasteiger partial charge in [-0.05, 0) is 29.7 Å². The van der Waals surface area contributed by atoms with Gasteiger partial charge >= 0.3 is 0 Å². The van der Waals surface area contributed by atoms with Gasteiger partial charge in [0.1, 0.15) is 5.75 Å². The molecule has 1 aromatic heterocycles. The van der Waals surface area contributed by atoms with Gasteiger partial charge in [-0.1, -0.05) is 20.8 Å². The van der Waals surface area contributed by atoms with Crippen LogP contribution in [-0.4, -0.2) is 29.7 Å². The average molecular weight is 408 g/mol. The van der Waals surface area contributed by atoms with Gasteiger partial charge in [-0.3, -0.25) is 9.59 Å². The van der Waals surface area contributed by atoms with Crippen LogP contribution in [0.15, 0.2) is 29.6 Å². The largest absolute Gasteiger partial charge is 0.497 e. The Bertz CT molecular complexity index is 767. The number of anilines is 2. The number of nitrogens with one attached hydrogen (secondary N) is 2. The van der Waals surface area contributed by atoms with Crippen molar-refractivity contribution in [3.8, 4) is 5.75 Å². The monoisotopic (exact) mass is 407 g/mol. The van der Waals surface area contributed by atoms with Crippen LogP contribution in [0.4, 0.5) is 10.8 Å². The Labute approximate surface area is 168 Å². The zero-order valence-corrected chi connectivity index (χ0v) is 17.6. The van der Waals surface area contributed by atoms with Crippen LogP contribution in [0.1, 0.15) is 32.9 Å². The first kappa shape index (κ1) is 21.2. The SMILES string of the molecule is COc1ccc(NC(=O)CSCc2csc(NC(=O)CC(C)(C)C)n2)cc1. The van der Waals surface area contributed by atoms with E-state index >= 15 is 0 Å². The molecular formula is C19H25N3O3S2. The summed E-state index contributed by atoms with van der Waals surface area (Å²) in [7, 11) is 1.60. The fraction of sp³-hybridized carbons (Fsp3) is 0.421. The minimum Gasteiger partial charge on any atom is -0.497 e. The number of carbonyl (C=O) groups excluding carboxylic acids is 2. The molecule has 2 rings (SSSR count). The summed E-state index contributed by atoms with van der Waals surface area (Å²) in [5.74, 6) is 1.59. The summed E-state index contributed by atoms with van der Waals surface area (Å²) < 4.78 is 5.09. The lowest BCUT2D eigenvalue weighted by molar-refractivity contribution is -0.118. The first-order valence-corrected chi connectivity index (χ1v) is 10.5. The number of amides is 2. The van der Waals surface area contributed by atoms with E-state index in [4.69, 9.17) is 4.74 Å². The first-order chi connectivity index (χ1) is 12.7. The van der Waals surface area contributed by atoms with Gasteiger partial charge in [-0.25, -0.2) is 4.98 Å². The summed E-state index contributed by atoms with van der Waals surface area (Å²) in [6.45, 7) is 6.06. The minimum absolute atomic E-state index is 0.0325. The fourth-order valence-corrected chi connectivity index (χ4v) is 3.74. The number of benzene rings is 1. The second kappa shape index (κ2) is 9.75. The molecule has 6 nitrogen and oxygen atoms in total. The third-order valence-corrected chi connectivity index (χ3v) is 5.12. The summed E-state index contributed by atoms with van der Waals surface area (Å²) in [6.07, 6.45) is 0.447. The Morgan fingerprint density at radius 1 is 1.15 bits per heavy atom. The molecule has 0 aliphatic rings. The predicted molar refractivity (Wildman–Crippen MR) is 113 cm³/mol. The van der Waals surface area contributed by atoms with Gasteiger partial charge in [-0.15, -0.1) is 23.1 Å². The molecule has 0 fully saturated rings. The lowest BCUT2D eigenvalue weighted by Crippen LogP contribution is -2.19. The van der Waals surface area contributed by atoms with Gasteiger partial charge in [0.05, 0.1) is 18.6 Å². The molecular weight excluding hydrogens is 382 g/mol. The summed E-state index contributed by atoms with van der Waals surface area (Å²) in [5, 5.41) is 8.18. The highest BCUT2D eigenvalue weighted by Crippen LogP contribution is 2.23. The topological polar surface area (TPSA) is 80.3 Å². The molecule has 2 N–H and O–H groups in total. The van der Waals surface area contributed by atoms with E-state index in [2.05, 4.69) is 15.6 Å². The number of methoxy groups -OCH3 is 1. The molecule has 1 aromatic carbocycles. The quantitative estimate of drug-likeness (QED) is 0.678. The van der Waals surface area contributed by atoms with Crippen LogP contribution >= 0.6 is 23.1 Å². The van der Waals surface area contributed by atoms with Crippen molar-refractivity contribution in [2.75, 3.05) is 23.5 Å². The maximum atomic E-state index is 12.0. The molecule has 146 valence electrons. The third kappa shape index (κ3) is 8.01. The van der Waals surface area contributed by atoms with Crippen molar-refractivity contribution in [3.63, 3.8) is 0 Å². The van der Waals surface area contributed by atoms with E-state index in [9.17, 15) is 9.59 Å². The molecule has 0 atom stereocenters. The van der Waals surface area contributed by atoms with Gasteiger partial charge in [0.25, 0.3) is 0 Å². The Kier molecular flexibility index (Phi) is 7.67. The standard InChI is InChI=1S/C19H25N3O3S2/c1-19(2,3)9-16(23)22-18-21-14(11-27-18)10-26-12-17(24)20-13-5-7-15(25-4)8-6-13/h5-8,11H,9-10,12H2,1-4H3,(H,20,24)(H,21,22,23). The van der Waals surface area contributed by atoms with Crippen LogP contribution in [0.5, 0.6) is 5.75 Å². The lowest BCUT2D eigenvalue weighted by Gasteiger charge is -2.16. The van der Waals surface area contributed by atoms with Crippen molar-refractivity contribution in [1.29, 1.82) is 0 Å². The van der Waals surface area contributed by atoms with Crippen molar-refractivity contribution < 1.29 is 14.3 Å². The molecule has 0 spiro atoms. The van der Waals surface area contributed by atoms with Gasteiger partial charge in [0.15, 0.2) is 5.13 Å². The molecule has 0 radical (unpaired) electrons. The van der Waals surface area contributed by atoms with E-state index in [0.29, 0.717) is 23.1 Å². The Balaban J connectivity index is 1.72. The zero-order valence-electron chi connectivity index (χ0n) is 16.0. The number of nitrogens with zero attached hydrogens (tertiary/aromatic N) is 1. The van der Waals surface area contributed by atoms with E-state index in [1.807, 2.05) is 26.2 Å². The maximum Gasteiger partial charge on any atom is 0.234 e. The van der Waals surface area contributed by atoms with Crippen molar-refractivity contribution in [1.82, 2.24) is 4.98 Å². The number of aromatic nitrogens is 1. The van der Waals surface area contributed by atoms with Crippen LogP contribution in [0.2, 0.25) is 0 Å². The summed E-state index contributed by atoms with van der Waals surface area (Å²) >= 11 is 2.88. The molecule has 0 saturated carbocycles. The molecule has 0 saturated heterocycles. The van der Waals surface area contributed by atoms with E-state index in [0.717, 1.165) is 17.1 Å². The fourth-order valence-electron chi connectivity index (χ4n) is 2.20. The Morgan fingerprint density at radius 2 is 1.85 bits per heavy atom. The molecule has 8 heteroatoms. The van der Waals surface area contributed by atoms with E-state index in [1.165, 1.54) is 23.1 Å². The summed E-state index contributed by atoms with van der Waals surface area (Å²) in [5.41, 5.74) is 1.53. The molecule has 0 aliphatic heterocycles. The molecule has 0 aliphatic carbocycles. The van der Waals surface area contributed by atoms with E-state index < -0.39 is 0 Å². The van der Waals surface area contributed by atoms with Gasteiger partial charge in [0, 0.05) is 23.2 Å². The number of hydrogen-bond acceptors (Lipinski definition) is 6. The number of rotatable bonds is 8. The second-order valence-corrected chi connectivity index (χ2v) is 9.04.